The van der Waals surface area contributed by atoms with Crippen LogP contribution in [0.3, 0.4) is 0 Å². The SMILES string of the molecule is COc1cc(C)c(Cl)c(C2(N=C=O)CCCC2)c1OC. The van der Waals surface area contributed by atoms with Gasteiger partial charge in [0.05, 0.1) is 19.2 Å². The molecule has 1 aromatic carbocycles. The van der Waals surface area contributed by atoms with Crippen molar-refractivity contribution in [1.29, 1.82) is 0 Å². The van der Waals surface area contributed by atoms with Crippen molar-refractivity contribution in [3.8, 4) is 11.5 Å². The third-order valence-corrected chi connectivity index (χ3v) is 4.43. The van der Waals surface area contributed by atoms with Gasteiger partial charge in [0.15, 0.2) is 11.5 Å². The Labute approximate surface area is 123 Å². The lowest BCUT2D eigenvalue weighted by Gasteiger charge is -2.28. The van der Waals surface area contributed by atoms with Crippen LogP contribution in [0.15, 0.2) is 11.1 Å². The van der Waals surface area contributed by atoms with Gasteiger partial charge in [-0.05, 0) is 31.4 Å². The van der Waals surface area contributed by atoms with Crippen molar-refractivity contribution in [2.24, 2.45) is 4.99 Å². The van der Waals surface area contributed by atoms with Gasteiger partial charge in [-0.3, -0.25) is 0 Å². The molecular formula is C15H18ClNO3. The third kappa shape index (κ3) is 2.30. The van der Waals surface area contributed by atoms with E-state index in [0.29, 0.717) is 16.5 Å². The lowest BCUT2D eigenvalue weighted by atomic mass is 9.86. The summed E-state index contributed by atoms with van der Waals surface area (Å²) in [4.78, 5) is 15.0. The van der Waals surface area contributed by atoms with E-state index in [2.05, 4.69) is 4.99 Å². The summed E-state index contributed by atoms with van der Waals surface area (Å²) in [5.41, 5.74) is 0.995. The lowest BCUT2D eigenvalue weighted by molar-refractivity contribution is 0.337. The summed E-state index contributed by atoms with van der Waals surface area (Å²) < 4.78 is 10.9. The summed E-state index contributed by atoms with van der Waals surface area (Å²) in [5, 5.41) is 0.587. The summed E-state index contributed by atoms with van der Waals surface area (Å²) >= 11 is 6.49. The van der Waals surface area contributed by atoms with Crippen molar-refractivity contribution < 1.29 is 14.3 Å². The van der Waals surface area contributed by atoms with Crippen LogP contribution in [0.5, 0.6) is 11.5 Å². The van der Waals surface area contributed by atoms with E-state index >= 15 is 0 Å². The van der Waals surface area contributed by atoms with Crippen molar-refractivity contribution in [2.45, 2.75) is 38.1 Å². The number of carbonyl (C=O) groups excluding carboxylic acids is 1. The summed E-state index contributed by atoms with van der Waals surface area (Å²) in [6, 6.07) is 1.83. The first-order valence-corrected chi connectivity index (χ1v) is 6.98. The number of nitrogens with zero attached hydrogens (tertiary/aromatic N) is 1. The average molecular weight is 296 g/mol. The van der Waals surface area contributed by atoms with E-state index in [0.717, 1.165) is 36.8 Å². The van der Waals surface area contributed by atoms with Crippen LogP contribution in [0, 0.1) is 6.92 Å². The molecule has 0 bridgehead atoms. The molecule has 0 spiro atoms. The Kier molecular flexibility index (Phi) is 4.36. The summed E-state index contributed by atoms with van der Waals surface area (Å²) in [7, 11) is 3.15. The molecule has 1 fully saturated rings. The quantitative estimate of drug-likeness (QED) is 0.627. The molecule has 4 nitrogen and oxygen atoms in total. The van der Waals surface area contributed by atoms with Crippen LogP contribution in [0.25, 0.3) is 0 Å². The maximum Gasteiger partial charge on any atom is 0.235 e. The molecule has 1 aromatic rings. The zero-order chi connectivity index (χ0) is 14.8. The van der Waals surface area contributed by atoms with Gasteiger partial charge in [-0.15, -0.1) is 0 Å². The van der Waals surface area contributed by atoms with E-state index in [1.54, 1.807) is 20.3 Å². The molecule has 5 heteroatoms. The van der Waals surface area contributed by atoms with Crippen molar-refractivity contribution >= 4 is 17.7 Å². The number of methoxy groups -OCH3 is 2. The zero-order valence-corrected chi connectivity index (χ0v) is 12.7. The first-order chi connectivity index (χ1) is 9.59. The van der Waals surface area contributed by atoms with Crippen LogP contribution >= 0.6 is 11.6 Å². The maximum absolute atomic E-state index is 10.9. The highest BCUT2D eigenvalue weighted by Crippen LogP contribution is 2.52. The number of hydrogen-bond acceptors (Lipinski definition) is 4. The normalized spacial score (nSPS) is 16.6. The van der Waals surface area contributed by atoms with Gasteiger partial charge in [0.25, 0.3) is 0 Å². The third-order valence-electron chi connectivity index (χ3n) is 3.94. The second kappa shape index (κ2) is 5.86. The Morgan fingerprint density at radius 1 is 1.30 bits per heavy atom. The minimum absolute atomic E-state index is 0.559. The van der Waals surface area contributed by atoms with Gasteiger partial charge in [-0.25, -0.2) is 4.79 Å². The number of aryl methyl sites for hydroxylation is 1. The lowest BCUT2D eigenvalue weighted by Crippen LogP contribution is -2.21. The van der Waals surface area contributed by atoms with E-state index in [1.807, 2.05) is 13.0 Å². The Balaban J connectivity index is 2.76. The van der Waals surface area contributed by atoms with Crippen LogP contribution < -0.4 is 9.47 Å². The second-order valence-corrected chi connectivity index (χ2v) is 5.44. The van der Waals surface area contributed by atoms with Crippen LogP contribution in [-0.2, 0) is 10.3 Å². The zero-order valence-electron chi connectivity index (χ0n) is 12.0. The second-order valence-electron chi connectivity index (χ2n) is 5.06. The van der Waals surface area contributed by atoms with Crippen molar-refractivity contribution in [3.05, 3.63) is 22.2 Å². The Morgan fingerprint density at radius 2 is 1.95 bits per heavy atom. The van der Waals surface area contributed by atoms with Crippen LogP contribution in [0.2, 0.25) is 5.02 Å². The van der Waals surface area contributed by atoms with Crippen molar-refractivity contribution in [1.82, 2.24) is 0 Å². The minimum Gasteiger partial charge on any atom is -0.493 e. The predicted octanol–water partition coefficient (Wildman–Crippen LogP) is 3.77. The first kappa shape index (κ1) is 14.9. The van der Waals surface area contributed by atoms with Crippen LogP contribution in [-0.4, -0.2) is 20.3 Å². The molecule has 2 rings (SSSR count). The fourth-order valence-electron chi connectivity index (χ4n) is 2.98. The number of rotatable bonds is 4. The monoisotopic (exact) mass is 295 g/mol. The first-order valence-electron chi connectivity index (χ1n) is 6.60. The molecule has 0 atom stereocenters. The fraction of sp³-hybridized carbons (Fsp3) is 0.533. The van der Waals surface area contributed by atoms with Gasteiger partial charge in [-0.2, -0.15) is 4.99 Å². The van der Waals surface area contributed by atoms with Crippen LogP contribution in [0.1, 0.15) is 36.8 Å². The van der Waals surface area contributed by atoms with Crippen molar-refractivity contribution in [2.75, 3.05) is 14.2 Å². The summed E-state index contributed by atoms with van der Waals surface area (Å²) in [6.45, 7) is 1.90. The van der Waals surface area contributed by atoms with E-state index in [9.17, 15) is 4.79 Å². The molecule has 0 heterocycles. The summed E-state index contributed by atoms with van der Waals surface area (Å²) in [5.74, 6) is 1.17. The molecule has 1 aliphatic carbocycles. The highest BCUT2D eigenvalue weighted by molar-refractivity contribution is 6.32. The molecule has 0 radical (unpaired) electrons. The van der Waals surface area contributed by atoms with E-state index in [1.165, 1.54) is 0 Å². The Morgan fingerprint density at radius 3 is 2.45 bits per heavy atom. The maximum atomic E-state index is 10.9. The number of benzene rings is 1. The van der Waals surface area contributed by atoms with Gasteiger partial charge in [-0.1, -0.05) is 24.4 Å². The number of ether oxygens (including phenoxy) is 2. The number of isocyanates is 1. The smallest absolute Gasteiger partial charge is 0.235 e. The van der Waals surface area contributed by atoms with Gasteiger partial charge >= 0.3 is 0 Å². The van der Waals surface area contributed by atoms with Gasteiger partial charge in [0.1, 0.15) is 5.54 Å². The molecule has 1 aliphatic rings. The molecule has 0 N–H and O–H groups in total. The molecular weight excluding hydrogens is 278 g/mol. The number of hydrogen-bond donors (Lipinski definition) is 0. The molecule has 20 heavy (non-hydrogen) atoms. The molecule has 0 saturated heterocycles. The fourth-order valence-corrected chi connectivity index (χ4v) is 3.30. The average Bonchev–Trinajstić information content (AvgIpc) is 2.90. The molecule has 0 aliphatic heterocycles. The highest BCUT2D eigenvalue weighted by atomic mass is 35.5. The predicted molar refractivity (Wildman–Crippen MR) is 77.6 cm³/mol. The number of aliphatic imine (C=N–C) groups is 1. The summed E-state index contributed by atoms with van der Waals surface area (Å²) in [6.07, 6.45) is 5.24. The van der Waals surface area contributed by atoms with Gasteiger partial charge in [0.2, 0.25) is 6.08 Å². The van der Waals surface area contributed by atoms with Gasteiger partial charge < -0.3 is 9.47 Å². The molecule has 0 unspecified atom stereocenters. The van der Waals surface area contributed by atoms with Crippen molar-refractivity contribution in [3.63, 3.8) is 0 Å². The standard InChI is InChI=1S/C15H18ClNO3/c1-10-8-11(19-2)14(20-3)12(13(10)16)15(17-9-18)6-4-5-7-15/h8H,4-7H2,1-3H3. The molecule has 108 valence electrons. The molecule has 0 aromatic heterocycles. The topological polar surface area (TPSA) is 47.9 Å². The van der Waals surface area contributed by atoms with Crippen LogP contribution in [0.4, 0.5) is 0 Å². The minimum atomic E-state index is -0.635. The molecule has 1 saturated carbocycles. The largest absolute Gasteiger partial charge is 0.493 e. The number of halogens is 1. The molecule has 0 amide bonds. The van der Waals surface area contributed by atoms with Gasteiger partial charge in [0, 0.05) is 5.56 Å². The highest BCUT2D eigenvalue weighted by Gasteiger charge is 2.41. The van der Waals surface area contributed by atoms with E-state index in [4.69, 9.17) is 21.1 Å². The van der Waals surface area contributed by atoms with E-state index in [-0.39, 0.29) is 0 Å². The van der Waals surface area contributed by atoms with E-state index < -0.39 is 5.54 Å². The Hall–Kier alpha value is -1.51. The Bertz CT molecular complexity index is 559.